The van der Waals surface area contributed by atoms with Crippen LogP contribution in [0.2, 0.25) is 0 Å². The second-order valence-electron chi connectivity index (χ2n) is 3.09. The summed E-state index contributed by atoms with van der Waals surface area (Å²) in [4.78, 5) is 0. The molecule has 16 heavy (non-hydrogen) atoms. The van der Waals surface area contributed by atoms with Gasteiger partial charge in [0.05, 0.1) is 6.54 Å². The van der Waals surface area contributed by atoms with E-state index in [9.17, 15) is 13.2 Å². The molecule has 0 unspecified atom stereocenters. The van der Waals surface area contributed by atoms with Crippen LogP contribution in [0.15, 0.2) is 0 Å². The van der Waals surface area contributed by atoms with Crippen LogP contribution >= 0.6 is 0 Å². The lowest BCUT2D eigenvalue weighted by Gasteiger charge is -2.08. The van der Waals surface area contributed by atoms with Crippen molar-refractivity contribution < 1.29 is 17.9 Å². The summed E-state index contributed by atoms with van der Waals surface area (Å²) in [6.45, 7) is 1.06. The van der Waals surface area contributed by atoms with Crippen molar-refractivity contribution in [2.75, 3.05) is 6.61 Å². The Morgan fingerprint density at radius 1 is 1.31 bits per heavy atom. The molecule has 0 amide bonds. The minimum Gasteiger partial charge on any atom is -0.364 e. The second-order valence-corrected chi connectivity index (χ2v) is 3.09. The third-order valence-electron chi connectivity index (χ3n) is 1.90. The summed E-state index contributed by atoms with van der Waals surface area (Å²) in [6.07, 6.45) is -4.33. The molecule has 0 fully saturated rings. The molecule has 8 heteroatoms. The Labute approximate surface area is 90.4 Å². The summed E-state index contributed by atoms with van der Waals surface area (Å²) in [5.41, 5.74) is 5.39. The van der Waals surface area contributed by atoms with E-state index in [1.807, 2.05) is 6.92 Å². The van der Waals surface area contributed by atoms with Gasteiger partial charge < -0.3 is 15.0 Å². The Morgan fingerprint density at radius 3 is 2.44 bits per heavy atom. The normalized spacial score (nSPS) is 12.1. The molecule has 1 aromatic rings. The monoisotopic (exact) mass is 238 g/mol. The fourth-order valence-corrected chi connectivity index (χ4v) is 1.25. The minimum absolute atomic E-state index is 0.195. The lowest BCUT2D eigenvalue weighted by molar-refractivity contribution is -0.177. The van der Waals surface area contributed by atoms with Gasteiger partial charge in [-0.1, -0.05) is 0 Å². The van der Waals surface area contributed by atoms with Gasteiger partial charge in [0.1, 0.15) is 19.0 Å². The van der Waals surface area contributed by atoms with E-state index in [2.05, 4.69) is 14.9 Å². The summed E-state index contributed by atoms with van der Waals surface area (Å²) in [7, 11) is 0. The molecule has 0 saturated heterocycles. The predicted octanol–water partition coefficient (Wildman–Crippen LogP) is 0.836. The third kappa shape index (κ3) is 3.46. The Bertz CT molecular complexity index is 337. The first-order chi connectivity index (χ1) is 7.48. The molecule has 92 valence electrons. The molecule has 0 saturated carbocycles. The smallest absolute Gasteiger partial charge is 0.364 e. The Hall–Kier alpha value is -1.15. The average molecular weight is 238 g/mol. The lowest BCUT2D eigenvalue weighted by atomic mass is 10.5. The Balaban J connectivity index is 2.57. The Morgan fingerprint density at radius 2 is 1.94 bits per heavy atom. The first-order valence-corrected chi connectivity index (χ1v) is 4.73. The number of nitrogens with zero attached hydrogens (tertiary/aromatic N) is 3. The summed E-state index contributed by atoms with van der Waals surface area (Å²) in [5, 5.41) is 7.47. The van der Waals surface area contributed by atoms with E-state index in [4.69, 9.17) is 5.73 Å². The van der Waals surface area contributed by atoms with E-state index in [1.165, 1.54) is 0 Å². The SMILES string of the molecule is CCn1c(CN)nnc1COCC(F)(F)F. The lowest BCUT2D eigenvalue weighted by Crippen LogP contribution is -2.18. The van der Waals surface area contributed by atoms with Crippen molar-refractivity contribution in [1.82, 2.24) is 14.8 Å². The van der Waals surface area contributed by atoms with E-state index in [1.54, 1.807) is 4.57 Å². The molecule has 1 rings (SSSR count). The van der Waals surface area contributed by atoms with Gasteiger partial charge in [0.15, 0.2) is 5.82 Å². The zero-order valence-corrected chi connectivity index (χ0v) is 8.79. The highest BCUT2D eigenvalue weighted by atomic mass is 19.4. The zero-order valence-electron chi connectivity index (χ0n) is 8.79. The number of aromatic nitrogens is 3. The topological polar surface area (TPSA) is 66.0 Å². The number of hydrogen-bond acceptors (Lipinski definition) is 4. The van der Waals surface area contributed by atoms with E-state index < -0.39 is 12.8 Å². The Kier molecular flexibility index (Phi) is 4.25. The van der Waals surface area contributed by atoms with Crippen LogP contribution in [0.3, 0.4) is 0 Å². The van der Waals surface area contributed by atoms with E-state index >= 15 is 0 Å². The quantitative estimate of drug-likeness (QED) is 0.825. The minimum atomic E-state index is -4.33. The van der Waals surface area contributed by atoms with Crippen LogP contribution in [-0.4, -0.2) is 27.5 Å². The largest absolute Gasteiger partial charge is 0.411 e. The van der Waals surface area contributed by atoms with Crippen molar-refractivity contribution in [3.05, 3.63) is 11.6 Å². The molecule has 0 radical (unpaired) electrons. The standard InChI is InChI=1S/C8H13F3N4O/c1-2-15-6(3-12)13-14-7(15)4-16-5-8(9,10)11/h2-5,12H2,1H3. The summed E-state index contributed by atoms with van der Waals surface area (Å²) in [6, 6.07) is 0. The molecule has 1 aromatic heterocycles. The molecular weight excluding hydrogens is 225 g/mol. The highest BCUT2D eigenvalue weighted by Gasteiger charge is 2.27. The number of alkyl halides is 3. The molecule has 0 aliphatic carbocycles. The highest BCUT2D eigenvalue weighted by Crippen LogP contribution is 2.15. The van der Waals surface area contributed by atoms with Crippen molar-refractivity contribution in [3.8, 4) is 0 Å². The molecule has 1 heterocycles. The van der Waals surface area contributed by atoms with Gasteiger partial charge in [0, 0.05) is 6.54 Å². The number of ether oxygens (including phenoxy) is 1. The van der Waals surface area contributed by atoms with E-state index in [0.717, 1.165) is 0 Å². The van der Waals surface area contributed by atoms with Crippen LogP contribution in [0.25, 0.3) is 0 Å². The van der Waals surface area contributed by atoms with Crippen molar-refractivity contribution in [2.24, 2.45) is 5.73 Å². The average Bonchev–Trinajstić information content (AvgIpc) is 2.58. The number of hydrogen-bond donors (Lipinski definition) is 1. The number of nitrogens with two attached hydrogens (primary N) is 1. The number of halogens is 3. The van der Waals surface area contributed by atoms with Crippen molar-refractivity contribution in [3.63, 3.8) is 0 Å². The van der Waals surface area contributed by atoms with E-state index in [0.29, 0.717) is 18.2 Å². The maximum atomic E-state index is 11.8. The number of rotatable bonds is 5. The molecule has 0 aliphatic heterocycles. The van der Waals surface area contributed by atoms with Gasteiger partial charge in [0.25, 0.3) is 0 Å². The van der Waals surface area contributed by atoms with Crippen molar-refractivity contribution in [1.29, 1.82) is 0 Å². The molecule has 2 N–H and O–H groups in total. The van der Waals surface area contributed by atoms with E-state index in [-0.39, 0.29) is 13.2 Å². The van der Waals surface area contributed by atoms with Gasteiger partial charge in [-0.05, 0) is 6.92 Å². The molecule has 0 spiro atoms. The van der Waals surface area contributed by atoms with Crippen LogP contribution in [0.5, 0.6) is 0 Å². The molecule has 0 atom stereocenters. The van der Waals surface area contributed by atoms with Gasteiger partial charge in [-0.15, -0.1) is 10.2 Å². The fourth-order valence-electron chi connectivity index (χ4n) is 1.25. The predicted molar refractivity (Wildman–Crippen MR) is 49.3 cm³/mol. The summed E-state index contributed by atoms with van der Waals surface area (Å²) >= 11 is 0. The second kappa shape index (κ2) is 5.26. The molecule has 0 bridgehead atoms. The van der Waals surface area contributed by atoms with Gasteiger partial charge >= 0.3 is 6.18 Å². The van der Waals surface area contributed by atoms with Crippen LogP contribution in [0.1, 0.15) is 18.6 Å². The molecule has 0 aromatic carbocycles. The van der Waals surface area contributed by atoms with Crippen LogP contribution in [0, 0.1) is 0 Å². The molecular formula is C8H13F3N4O. The first-order valence-electron chi connectivity index (χ1n) is 4.73. The first kappa shape index (κ1) is 12.9. The van der Waals surface area contributed by atoms with Gasteiger partial charge in [-0.3, -0.25) is 0 Å². The van der Waals surface area contributed by atoms with Crippen LogP contribution in [0.4, 0.5) is 13.2 Å². The fraction of sp³-hybridized carbons (Fsp3) is 0.750. The molecule has 5 nitrogen and oxygen atoms in total. The van der Waals surface area contributed by atoms with Gasteiger partial charge in [-0.25, -0.2) is 0 Å². The zero-order chi connectivity index (χ0) is 12.2. The van der Waals surface area contributed by atoms with Crippen LogP contribution in [-0.2, 0) is 24.4 Å². The van der Waals surface area contributed by atoms with Gasteiger partial charge in [0.2, 0.25) is 0 Å². The van der Waals surface area contributed by atoms with Crippen molar-refractivity contribution >= 4 is 0 Å². The summed E-state index contributed by atoms with van der Waals surface area (Å²) in [5.74, 6) is 0.889. The molecule has 0 aliphatic rings. The maximum Gasteiger partial charge on any atom is 0.411 e. The van der Waals surface area contributed by atoms with Crippen LogP contribution < -0.4 is 5.73 Å². The maximum absolute atomic E-state index is 11.8. The summed E-state index contributed by atoms with van der Waals surface area (Å²) < 4.78 is 41.6. The third-order valence-corrected chi connectivity index (χ3v) is 1.90. The highest BCUT2D eigenvalue weighted by molar-refractivity contribution is 4.94. The van der Waals surface area contributed by atoms with Crippen molar-refractivity contribution in [2.45, 2.75) is 32.8 Å². The van der Waals surface area contributed by atoms with Gasteiger partial charge in [-0.2, -0.15) is 13.2 Å².